The molecular weight excluding hydrogens is 578 g/mol. The second kappa shape index (κ2) is 10.7. The van der Waals surface area contributed by atoms with Crippen LogP contribution in [-0.2, 0) is 18.4 Å². The average Bonchev–Trinajstić information content (AvgIpc) is 3.21. The number of primary amides is 1. The topological polar surface area (TPSA) is 148 Å². The van der Waals surface area contributed by atoms with E-state index in [1.54, 1.807) is 0 Å². The van der Waals surface area contributed by atoms with Crippen LogP contribution in [-0.4, -0.2) is 55.8 Å². The average molecular weight is 598 g/mol. The van der Waals surface area contributed by atoms with Crippen LogP contribution in [0.15, 0.2) is 41.7 Å². The number of phenols is 1. The molecule has 1 aromatic carbocycles. The molecule has 0 radical (unpaired) electrons. The van der Waals surface area contributed by atoms with Gasteiger partial charge in [-0.1, -0.05) is 23.2 Å². The van der Waals surface area contributed by atoms with Crippen molar-refractivity contribution in [2.24, 2.45) is 12.8 Å². The molecule has 4 N–H and O–H groups in total. The number of pyridine rings is 1. The Balaban J connectivity index is 1.72. The third-order valence-corrected chi connectivity index (χ3v) is 6.40. The van der Waals surface area contributed by atoms with E-state index in [1.807, 2.05) is 0 Å². The fourth-order valence-corrected chi connectivity index (χ4v) is 4.34. The fraction of sp³-hybridized carbons (Fsp3) is 0.208. The van der Waals surface area contributed by atoms with Crippen LogP contribution < -0.4 is 21.5 Å². The van der Waals surface area contributed by atoms with E-state index in [9.17, 15) is 32.7 Å². The van der Waals surface area contributed by atoms with Gasteiger partial charge in [0.1, 0.15) is 30.3 Å². The minimum atomic E-state index is -4.48. The van der Waals surface area contributed by atoms with Crippen molar-refractivity contribution < 1.29 is 27.9 Å². The van der Waals surface area contributed by atoms with Gasteiger partial charge >= 0.3 is 6.18 Å². The molecule has 0 bridgehead atoms. The fourth-order valence-electron chi connectivity index (χ4n) is 3.97. The highest BCUT2D eigenvalue weighted by atomic mass is 35.5. The summed E-state index contributed by atoms with van der Waals surface area (Å²) in [5.41, 5.74) is 5.23. The largest absolute Gasteiger partial charge is 0.506 e. The Hall–Kier alpha value is -4.30. The number of hydrogen-bond acceptors (Lipinski definition) is 7. The third-order valence-electron chi connectivity index (χ3n) is 5.81. The maximum Gasteiger partial charge on any atom is 0.405 e. The first kappa shape index (κ1) is 28.7. The van der Waals surface area contributed by atoms with Crippen LogP contribution in [0.1, 0.15) is 10.4 Å². The van der Waals surface area contributed by atoms with Gasteiger partial charge in [0, 0.05) is 31.9 Å². The van der Waals surface area contributed by atoms with Crippen molar-refractivity contribution in [1.82, 2.24) is 19.1 Å². The van der Waals surface area contributed by atoms with Gasteiger partial charge in [0.05, 0.1) is 39.2 Å². The minimum absolute atomic E-state index is 0.0136. The Bertz CT molecular complexity index is 1720. The third kappa shape index (κ3) is 5.82. The summed E-state index contributed by atoms with van der Waals surface area (Å²) in [6, 6.07) is 3.78. The number of fused-ring (bicyclic) bond motifs is 1. The molecule has 40 heavy (non-hydrogen) atoms. The number of nitrogens with zero attached hydrogens (tertiary/aromatic N) is 5. The van der Waals surface area contributed by atoms with Crippen molar-refractivity contribution in [2.75, 3.05) is 23.8 Å². The number of aryl methyl sites for hydroxylation is 1. The molecular formula is C24H20Cl2F3N7O4. The molecule has 0 spiro atoms. The zero-order valence-corrected chi connectivity index (χ0v) is 22.3. The van der Waals surface area contributed by atoms with Gasteiger partial charge in [-0.3, -0.25) is 14.4 Å². The van der Waals surface area contributed by atoms with Gasteiger partial charge < -0.3 is 30.2 Å². The first-order valence-electron chi connectivity index (χ1n) is 11.3. The number of nitrogens with one attached hydrogen (secondary N) is 1. The Labute approximate surface area is 233 Å². The molecule has 0 fully saturated rings. The molecule has 0 aliphatic rings. The molecule has 0 aliphatic carbocycles. The van der Waals surface area contributed by atoms with Crippen molar-refractivity contribution in [3.8, 4) is 16.9 Å². The van der Waals surface area contributed by atoms with Crippen LogP contribution in [0.2, 0.25) is 10.0 Å². The summed E-state index contributed by atoms with van der Waals surface area (Å²) < 4.78 is 40.9. The first-order chi connectivity index (χ1) is 18.7. The maximum absolute atomic E-state index is 13.1. The highest BCUT2D eigenvalue weighted by Gasteiger charge is 2.30. The number of carbonyl (C=O) groups excluding carboxylic acids is 2. The molecule has 210 valence electrons. The Kier molecular flexibility index (Phi) is 7.67. The standard InChI is InChI=1S/C24H20Cl2F3N7O4/c1-34(9-24(27,28)29)17-5-16(15(26)6-31-17)33-18(37)8-36-7-13(19-22(36)32-10-35(2)23(19)40)11-3-12(21(30)39)20(38)14(25)4-11/h3-7,10,38H,8-9H2,1-2H3,(H2,30,39)(H,31,33,37). The van der Waals surface area contributed by atoms with E-state index in [-0.39, 0.29) is 49.3 Å². The molecule has 0 aliphatic heterocycles. The van der Waals surface area contributed by atoms with E-state index in [0.717, 1.165) is 11.1 Å². The Morgan fingerprint density at radius 2 is 1.88 bits per heavy atom. The van der Waals surface area contributed by atoms with Crippen molar-refractivity contribution in [3.05, 3.63) is 62.9 Å². The number of hydrogen-bond donors (Lipinski definition) is 3. The molecule has 0 atom stereocenters. The summed E-state index contributed by atoms with van der Waals surface area (Å²) in [7, 11) is 2.66. The second-order valence-corrected chi connectivity index (χ2v) is 9.60. The molecule has 4 aromatic rings. The molecule has 2 amide bonds. The van der Waals surface area contributed by atoms with Gasteiger partial charge in [-0.2, -0.15) is 13.2 Å². The van der Waals surface area contributed by atoms with Gasteiger partial charge in [-0.05, 0) is 17.7 Å². The SMILES string of the molecule is CN(CC(F)(F)F)c1cc(NC(=O)Cn2cc(-c3cc(Cl)c(O)c(C(N)=O)c3)c3c(=O)n(C)cnc32)c(Cl)cn1. The summed E-state index contributed by atoms with van der Waals surface area (Å²) in [5.74, 6) is -2.21. The molecule has 0 unspecified atom stereocenters. The number of aromatic nitrogens is 4. The number of amides is 2. The summed E-state index contributed by atoms with van der Waals surface area (Å²) in [6.07, 6.45) is -0.678. The lowest BCUT2D eigenvalue weighted by atomic mass is 10.0. The van der Waals surface area contributed by atoms with E-state index in [4.69, 9.17) is 28.9 Å². The number of aromatic hydroxyl groups is 1. The summed E-state index contributed by atoms with van der Waals surface area (Å²) >= 11 is 12.2. The second-order valence-electron chi connectivity index (χ2n) is 8.79. The molecule has 0 saturated heterocycles. The van der Waals surface area contributed by atoms with E-state index < -0.39 is 42.4 Å². The lowest BCUT2D eigenvalue weighted by molar-refractivity contribution is -0.119. The van der Waals surface area contributed by atoms with Gasteiger partial charge in [-0.25, -0.2) is 9.97 Å². The predicted octanol–water partition coefficient (Wildman–Crippen LogP) is 3.55. The van der Waals surface area contributed by atoms with Crippen LogP contribution >= 0.6 is 23.2 Å². The van der Waals surface area contributed by atoms with Gasteiger partial charge in [0.2, 0.25) is 5.91 Å². The minimum Gasteiger partial charge on any atom is -0.506 e. The number of anilines is 2. The lowest BCUT2D eigenvalue weighted by Crippen LogP contribution is -2.31. The summed E-state index contributed by atoms with van der Waals surface area (Å²) in [4.78, 5) is 46.8. The number of rotatable bonds is 7. The van der Waals surface area contributed by atoms with Crippen molar-refractivity contribution in [2.45, 2.75) is 12.7 Å². The van der Waals surface area contributed by atoms with E-state index in [0.29, 0.717) is 0 Å². The van der Waals surface area contributed by atoms with E-state index >= 15 is 0 Å². The first-order valence-corrected chi connectivity index (χ1v) is 12.0. The molecule has 11 nitrogen and oxygen atoms in total. The Morgan fingerprint density at radius 3 is 2.52 bits per heavy atom. The van der Waals surface area contributed by atoms with Gasteiger partial charge in [-0.15, -0.1) is 0 Å². The zero-order valence-electron chi connectivity index (χ0n) is 20.8. The van der Waals surface area contributed by atoms with Gasteiger partial charge in [0.25, 0.3) is 11.5 Å². The number of halogens is 5. The maximum atomic E-state index is 13.1. The Morgan fingerprint density at radius 1 is 1.18 bits per heavy atom. The number of benzene rings is 1. The molecule has 4 rings (SSSR count). The highest BCUT2D eigenvalue weighted by molar-refractivity contribution is 6.34. The molecule has 0 saturated carbocycles. The number of alkyl halides is 3. The highest BCUT2D eigenvalue weighted by Crippen LogP contribution is 2.36. The monoisotopic (exact) mass is 597 g/mol. The predicted molar refractivity (Wildman–Crippen MR) is 143 cm³/mol. The van der Waals surface area contributed by atoms with Crippen molar-refractivity contribution >= 4 is 57.6 Å². The lowest BCUT2D eigenvalue weighted by Gasteiger charge is -2.20. The normalized spacial score (nSPS) is 11.6. The van der Waals surface area contributed by atoms with Crippen LogP contribution in [0.3, 0.4) is 0 Å². The molecule has 3 heterocycles. The molecule has 16 heteroatoms. The van der Waals surface area contributed by atoms with Crippen molar-refractivity contribution in [1.29, 1.82) is 0 Å². The van der Waals surface area contributed by atoms with Crippen LogP contribution in [0.4, 0.5) is 24.7 Å². The smallest absolute Gasteiger partial charge is 0.405 e. The van der Waals surface area contributed by atoms with Gasteiger partial charge in [0.15, 0.2) is 0 Å². The van der Waals surface area contributed by atoms with Crippen LogP contribution in [0, 0.1) is 0 Å². The summed E-state index contributed by atoms with van der Waals surface area (Å²) in [6.45, 7) is -1.66. The number of nitrogens with two attached hydrogens (primary N) is 1. The van der Waals surface area contributed by atoms with E-state index in [1.165, 1.54) is 54.0 Å². The van der Waals surface area contributed by atoms with E-state index in [2.05, 4.69) is 15.3 Å². The molecule has 3 aromatic heterocycles. The van der Waals surface area contributed by atoms with Crippen LogP contribution in [0.25, 0.3) is 22.2 Å². The quantitative estimate of drug-likeness (QED) is 0.295. The van der Waals surface area contributed by atoms with Crippen LogP contribution in [0.5, 0.6) is 5.75 Å². The number of carbonyl (C=O) groups is 2. The summed E-state index contributed by atoms with van der Waals surface area (Å²) in [5, 5.41) is 12.5. The van der Waals surface area contributed by atoms with Crippen molar-refractivity contribution in [3.63, 3.8) is 0 Å². The zero-order chi connectivity index (χ0) is 29.5.